The molecule has 5 nitrogen and oxygen atoms in total. The molecule has 1 aliphatic rings. The molecule has 23 heavy (non-hydrogen) atoms. The molecule has 0 bridgehead atoms. The molecule has 1 aliphatic heterocycles. The third-order valence-corrected chi connectivity index (χ3v) is 5.04. The maximum atomic E-state index is 9.60. The van der Waals surface area contributed by atoms with Gasteiger partial charge in [-0.3, -0.25) is 0 Å². The van der Waals surface area contributed by atoms with Crippen LogP contribution in [0.2, 0.25) is 0 Å². The number of nitrogens with one attached hydrogen (secondary N) is 1. The van der Waals surface area contributed by atoms with Crippen molar-refractivity contribution in [3.8, 4) is 0 Å². The smallest absolute Gasteiger partial charge is 0.142 e. The lowest BCUT2D eigenvalue weighted by molar-refractivity contribution is 0.145. The molecule has 3 aromatic rings. The normalized spacial score (nSPS) is 16.0. The average Bonchev–Trinajstić information content (AvgIpc) is 3.06. The first-order valence-electron chi connectivity index (χ1n) is 7.78. The highest BCUT2D eigenvalue weighted by Crippen LogP contribution is 2.28. The van der Waals surface area contributed by atoms with E-state index in [2.05, 4.69) is 44.5 Å². The quantitative estimate of drug-likeness (QED) is 0.772. The first-order valence-corrected chi connectivity index (χ1v) is 8.66. The number of piperidine rings is 1. The van der Waals surface area contributed by atoms with Crippen molar-refractivity contribution in [3.63, 3.8) is 0 Å². The van der Waals surface area contributed by atoms with Crippen LogP contribution < -0.4 is 10.2 Å². The Balaban J connectivity index is 1.51. The minimum Gasteiger partial charge on any atom is -0.393 e. The van der Waals surface area contributed by atoms with Crippen LogP contribution in [0.25, 0.3) is 10.2 Å². The van der Waals surface area contributed by atoms with Crippen LogP contribution in [0.1, 0.15) is 12.8 Å². The van der Waals surface area contributed by atoms with E-state index < -0.39 is 0 Å². The van der Waals surface area contributed by atoms with E-state index in [1.807, 2.05) is 11.4 Å². The molecule has 2 N–H and O–H groups in total. The average molecular weight is 326 g/mol. The maximum Gasteiger partial charge on any atom is 0.142 e. The van der Waals surface area contributed by atoms with E-state index in [0.717, 1.165) is 47.7 Å². The van der Waals surface area contributed by atoms with E-state index in [4.69, 9.17) is 0 Å². The van der Waals surface area contributed by atoms with Crippen molar-refractivity contribution in [2.24, 2.45) is 0 Å². The summed E-state index contributed by atoms with van der Waals surface area (Å²) in [5, 5.41) is 16.0. The highest BCUT2D eigenvalue weighted by Gasteiger charge is 2.17. The lowest BCUT2D eigenvalue weighted by Gasteiger charge is -2.31. The molecule has 1 fully saturated rings. The van der Waals surface area contributed by atoms with Crippen molar-refractivity contribution in [2.75, 3.05) is 23.3 Å². The van der Waals surface area contributed by atoms with Crippen LogP contribution in [0.5, 0.6) is 0 Å². The third kappa shape index (κ3) is 3.00. The predicted octanol–water partition coefficient (Wildman–Crippen LogP) is 3.40. The summed E-state index contributed by atoms with van der Waals surface area (Å²) in [6.07, 6.45) is 3.14. The van der Waals surface area contributed by atoms with Gasteiger partial charge in [-0.25, -0.2) is 9.97 Å². The summed E-state index contributed by atoms with van der Waals surface area (Å²) >= 11 is 1.62. The highest BCUT2D eigenvalue weighted by atomic mass is 32.1. The summed E-state index contributed by atoms with van der Waals surface area (Å²) in [7, 11) is 0. The van der Waals surface area contributed by atoms with E-state index in [1.165, 1.54) is 5.69 Å². The summed E-state index contributed by atoms with van der Waals surface area (Å²) in [5.74, 6) is 0.838. The fraction of sp³-hybridized carbons (Fsp3) is 0.294. The first kappa shape index (κ1) is 14.4. The standard InChI is InChI=1S/C17H18N4OS/c22-14-5-8-21(9-6-14)13-3-1-12(2-4-13)20-16-15-7-10-23-17(15)19-11-18-16/h1-4,7,10-11,14,22H,5-6,8-9H2,(H,18,19,20). The summed E-state index contributed by atoms with van der Waals surface area (Å²) in [5.41, 5.74) is 2.21. The summed E-state index contributed by atoms with van der Waals surface area (Å²) in [6, 6.07) is 10.4. The van der Waals surface area contributed by atoms with Crippen LogP contribution in [0.4, 0.5) is 17.2 Å². The molecule has 0 unspecified atom stereocenters. The number of aromatic nitrogens is 2. The lowest BCUT2D eigenvalue weighted by Crippen LogP contribution is -2.35. The van der Waals surface area contributed by atoms with Gasteiger partial charge >= 0.3 is 0 Å². The number of hydrogen-bond acceptors (Lipinski definition) is 6. The second-order valence-corrected chi connectivity index (χ2v) is 6.65. The van der Waals surface area contributed by atoms with Crippen molar-refractivity contribution < 1.29 is 5.11 Å². The SMILES string of the molecule is OC1CCN(c2ccc(Nc3ncnc4sccc34)cc2)CC1. The van der Waals surface area contributed by atoms with Gasteiger partial charge in [0.05, 0.1) is 11.5 Å². The lowest BCUT2D eigenvalue weighted by atomic mass is 10.1. The van der Waals surface area contributed by atoms with E-state index in [9.17, 15) is 5.11 Å². The monoisotopic (exact) mass is 326 g/mol. The Labute approximate surface area is 138 Å². The number of aliphatic hydroxyl groups is 1. The first-order chi connectivity index (χ1) is 11.3. The van der Waals surface area contributed by atoms with Crippen molar-refractivity contribution in [2.45, 2.75) is 18.9 Å². The van der Waals surface area contributed by atoms with Gasteiger partial charge in [-0.2, -0.15) is 0 Å². The molecule has 3 heterocycles. The number of benzene rings is 1. The minimum absolute atomic E-state index is 0.141. The zero-order chi connectivity index (χ0) is 15.6. The number of hydrogen-bond donors (Lipinski definition) is 2. The molecule has 0 radical (unpaired) electrons. The van der Waals surface area contributed by atoms with Crippen LogP contribution >= 0.6 is 11.3 Å². The number of thiophene rings is 1. The van der Waals surface area contributed by atoms with Gasteiger partial charge in [0.15, 0.2) is 0 Å². The molecule has 0 atom stereocenters. The summed E-state index contributed by atoms with van der Waals surface area (Å²) in [4.78, 5) is 11.9. The Morgan fingerprint density at radius 2 is 1.87 bits per heavy atom. The van der Waals surface area contributed by atoms with E-state index in [1.54, 1.807) is 17.7 Å². The molecule has 1 aromatic carbocycles. The van der Waals surface area contributed by atoms with Crippen LogP contribution in [0.3, 0.4) is 0 Å². The molecular formula is C17H18N4OS. The highest BCUT2D eigenvalue weighted by molar-refractivity contribution is 7.16. The number of rotatable bonds is 3. The van der Waals surface area contributed by atoms with Gasteiger partial charge in [-0.05, 0) is 48.6 Å². The molecule has 0 aliphatic carbocycles. The Bertz CT molecular complexity index is 794. The summed E-state index contributed by atoms with van der Waals surface area (Å²) in [6.45, 7) is 1.82. The number of aliphatic hydroxyl groups excluding tert-OH is 1. The van der Waals surface area contributed by atoms with Crippen molar-refractivity contribution >= 4 is 38.7 Å². The van der Waals surface area contributed by atoms with Gasteiger partial charge < -0.3 is 15.3 Å². The van der Waals surface area contributed by atoms with Crippen LogP contribution in [0, 0.1) is 0 Å². The number of fused-ring (bicyclic) bond motifs is 1. The fourth-order valence-electron chi connectivity index (χ4n) is 2.91. The predicted molar refractivity (Wildman–Crippen MR) is 94.6 cm³/mol. The van der Waals surface area contributed by atoms with E-state index in [0.29, 0.717) is 0 Å². The van der Waals surface area contributed by atoms with Crippen LogP contribution in [0.15, 0.2) is 42.0 Å². The van der Waals surface area contributed by atoms with Crippen LogP contribution in [-0.2, 0) is 0 Å². The molecule has 0 spiro atoms. The van der Waals surface area contributed by atoms with Gasteiger partial charge in [-0.1, -0.05) is 0 Å². The van der Waals surface area contributed by atoms with Gasteiger partial charge in [0, 0.05) is 24.5 Å². The van der Waals surface area contributed by atoms with Gasteiger partial charge in [0.25, 0.3) is 0 Å². The largest absolute Gasteiger partial charge is 0.393 e. The molecule has 0 saturated carbocycles. The molecule has 4 rings (SSSR count). The van der Waals surface area contributed by atoms with Gasteiger partial charge in [0.1, 0.15) is 17.0 Å². The van der Waals surface area contributed by atoms with E-state index >= 15 is 0 Å². The number of anilines is 3. The second-order valence-electron chi connectivity index (χ2n) is 5.75. The van der Waals surface area contributed by atoms with Gasteiger partial charge in [-0.15, -0.1) is 11.3 Å². The van der Waals surface area contributed by atoms with Crippen molar-refractivity contribution in [1.29, 1.82) is 0 Å². The van der Waals surface area contributed by atoms with Crippen molar-refractivity contribution in [1.82, 2.24) is 9.97 Å². The Morgan fingerprint density at radius 3 is 2.65 bits per heavy atom. The Hall–Kier alpha value is -2.18. The molecular weight excluding hydrogens is 308 g/mol. The third-order valence-electron chi connectivity index (χ3n) is 4.22. The Morgan fingerprint density at radius 1 is 1.09 bits per heavy atom. The maximum absolute atomic E-state index is 9.60. The zero-order valence-corrected chi connectivity index (χ0v) is 13.5. The Kier molecular flexibility index (Phi) is 3.85. The van der Waals surface area contributed by atoms with Crippen molar-refractivity contribution in [3.05, 3.63) is 42.0 Å². The van der Waals surface area contributed by atoms with E-state index in [-0.39, 0.29) is 6.10 Å². The summed E-state index contributed by atoms with van der Waals surface area (Å²) < 4.78 is 0. The molecule has 2 aromatic heterocycles. The minimum atomic E-state index is -0.141. The molecule has 6 heteroatoms. The molecule has 118 valence electrons. The fourth-order valence-corrected chi connectivity index (χ4v) is 3.64. The molecule has 1 saturated heterocycles. The number of nitrogens with zero attached hydrogens (tertiary/aromatic N) is 3. The zero-order valence-electron chi connectivity index (χ0n) is 12.6. The van der Waals surface area contributed by atoms with Gasteiger partial charge in [0.2, 0.25) is 0 Å². The topological polar surface area (TPSA) is 61.3 Å². The molecule has 0 amide bonds. The van der Waals surface area contributed by atoms with Crippen LogP contribution in [-0.4, -0.2) is 34.3 Å². The second kappa shape index (κ2) is 6.14.